The molecule has 3 fully saturated rings. The highest BCUT2D eigenvalue weighted by Crippen LogP contribution is 2.18. The molecule has 7 nitrogen and oxygen atoms in total. The van der Waals surface area contributed by atoms with Crippen LogP contribution in [0.4, 0.5) is 0 Å². The quantitative estimate of drug-likeness (QED) is 0.651. The molecule has 0 unspecified atom stereocenters. The molecule has 0 radical (unpaired) electrons. The molecule has 1 aromatic carbocycles. The van der Waals surface area contributed by atoms with Gasteiger partial charge in [0.15, 0.2) is 6.54 Å². The summed E-state index contributed by atoms with van der Waals surface area (Å²) >= 11 is 0. The van der Waals surface area contributed by atoms with Crippen molar-refractivity contribution in [2.45, 2.75) is 11.3 Å². The Labute approximate surface area is 143 Å². The van der Waals surface area contributed by atoms with Crippen LogP contribution in [-0.4, -0.2) is 76.1 Å². The Balaban J connectivity index is 1.45. The van der Waals surface area contributed by atoms with Crippen LogP contribution in [0, 0.1) is 0 Å². The minimum absolute atomic E-state index is 0.103. The summed E-state index contributed by atoms with van der Waals surface area (Å²) in [6, 6.07) is 6.46. The average Bonchev–Trinajstić information content (AvgIpc) is 2.56. The van der Waals surface area contributed by atoms with Gasteiger partial charge in [-0.3, -0.25) is 9.69 Å². The van der Waals surface area contributed by atoms with Crippen LogP contribution in [0.3, 0.4) is 0 Å². The van der Waals surface area contributed by atoms with Gasteiger partial charge in [-0.1, -0.05) is 12.1 Å². The van der Waals surface area contributed by atoms with E-state index in [1.807, 2.05) is 0 Å². The van der Waals surface area contributed by atoms with Gasteiger partial charge in [0.2, 0.25) is 10.0 Å². The summed E-state index contributed by atoms with van der Waals surface area (Å²) in [6.45, 7) is 7.64. The number of piperazine rings is 3. The van der Waals surface area contributed by atoms with E-state index in [0.29, 0.717) is 19.5 Å². The van der Waals surface area contributed by atoms with E-state index < -0.39 is 10.0 Å². The largest absolute Gasteiger partial charge is 0.351 e. The van der Waals surface area contributed by atoms with Gasteiger partial charge in [-0.05, 0) is 24.1 Å². The standard InChI is InChI=1S/C16H24N4O3S/c17-24(22,23)15-3-1-14(2-4-15)5-6-18-16(21)13-20-10-7-19(8-11-20)9-12-20/h1-4H,5-13H2,(H2-,17,18,21,22,23)/p+1. The van der Waals surface area contributed by atoms with Gasteiger partial charge in [-0.15, -0.1) is 0 Å². The van der Waals surface area contributed by atoms with Crippen LogP contribution in [0.2, 0.25) is 0 Å². The molecule has 0 aromatic heterocycles. The molecular weight excluding hydrogens is 328 g/mol. The third-order valence-corrected chi connectivity index (χ3v) is 6.07. The van der Waals surface area contributed by atoms with Crippen molar-refractivity contribution in [3.05, 3.63) is 29.8 Å². The van der Waals surface area contributed by atoms with E-state index in [1.165, 1.54) is 12.1 Å². The number of carbonyl (C=O) groups is 1. The number of carbonyl (C=O) groups excluding carboxylic acids is 1. The van der Waals surface area contributed by atoms with Gasteiger partial charge < -0.3 is 9.80 Å². The Morgan fingerprint density at radius 1 is 1.12 bits per heavy atom. The number of hydrogen-bond donors (Lipinski definition) is 2. The van der Waals surface area contributed by atoms with Crippen molar-refractivity contribution < 1.29 is 17.7 Å². The summed E-state index contributed by atoms with van der Waals surface area (Å²) in [7, 11) is -3.65. The number of sulfonamides is 1. The highest BCUT2D eigenvalue weighted by atomic mass is 32.2. The molecule has 0 saturated carbocycles. The fraction of sp³-hybridized carbons (Fsp3) is 0.562. The lowest BCUT2D eigenvalue weighted by Crippen LogP contribution is -2.69. The van der Waals surface area contributed by atoms with E-state index in [4.69, 9.17) is 5.14 Å². The number of primary sulfonamides is 1. The van der Waals surface area contributed by atoms with Crippen LogP contribution in [0.1, 0.15) is 5.56 Å². The van der Waals surface area contributed by atoms with Crippen LogP contribution in [0.25, 0.3) is 0 Å². The summed E-state index contributed by atoms with van der Waals surface area (Å²) in [5, 5.41) is 8.06. The average molecular weight is 353 g/mol. The zero-order valence-corrected chi connectivity index (χ0v) is 14.6. The molecule has 3 heterocycles. The van der Waals surface area contributed by atoms with Crippen LogP contribution in [-0.2, 0) is 21.2 Å². The molecule has 3 N–H and O–H groups in total. The summed E-state index contributed by atoms with van der Waals surface area (Å²) in [5.74, 6) is 0.103. The maximum Gasteiger partial charge on any atom is 0.275 e. The smallest absolute Gasteiger partial charge is 0.275 e. The van der Waals surface area contributed by atoms with Crippen LogP contribution < -0.4 is 10.5 Å². The lowest BCUT2D eigenvalue weighted by atomic mass is 10.1. The topological polar surface area (TPSA) is 92.5 Å². The second-order valence-corrected chi connectivity index (χ2v) is 8.36. The number of rotatable bonds is 6. The van der Waals surface area contributed by atoms with Gasteiger partial charge in [0, 0.05) is 26.2 Å². The predicted molar refractivity (Wildman–Crippen MR) is 90.7 cm³/mol. The second-order valence-electron chi connectivity index (χ2n) is 6.80. The van der Waals surface area contributed by atoms with E-state index in [9.17, 15) is 13.2 Å². The highest BCUT2D eigenvalue weighted by molar-refractivity contribution is 7.89. The Bertz CT molecular complexity index is 681. The summed E-state index contributed by atoms with van der Waals surface area (Å²) in [6.07, 6.45) is 0.671. The molecule has 0 spiro atoms. The fourth-order valence-corrected chi connectivity index (χ4v) is 4.04. The molecule has 24 heavy (non-hydrogen) atoms. The summed E-state index contributed by atoms with van der Waals surface area (Å²) in [4.78, 5) is 14.8. The number of nitrogens with two attached hydrogens (primary N) is 1. The number of quaternary nitrogens is 1. The predicted octanol–water partition coefficient (Wildman–Crippen LogP) is -0.861. The third-order valence-electron chi connectivity index (χ3n) is 5.14. The van der Waals surface area contributed by atoms with Gasteiger partial charge >= 0.3 is 0 Å². The molecule has 3 saturated heterocycles. The molecule has 4 rings (SSSR count). The highest BCUT2D eigenvalue weighted by Gasteiger charge is 2.39. The van der Waals surface area contributed by atoms with Gasteiger partial charge in [0.1, 0.15) is 0 Å². The molecule has 2 bridgehead atoms. The molecule has 0 atom stereocenters. The van der Waals surface area contributed by atoms with E-state index in [0.717, 1.165) is 49.3 Å². The number of hydrogen-bond acceptors (Lipinski definition) is 4. The lowest BCUT2D eigenvalue weighted by molar-refractivity contribution is -0.933. The Morgan fingerprint density at radius 3 is 2.25 bits per heavy atom. The maximum atomic E-state index is 12.2. The summed E-state index contributed by atoms with van der Waals surface area (Å²) < 4.78 is 23.4. The number of benzene rings is 1. The fourth-order valence-electron chi connectivity index (χ4n) is 3.52. The van der Waals surface area contributed by atoms with E-state index in [-0.39, 0.29) is 10.8 Å². The van der Waals surface area contributed by atoms with E-state index in [1.54, 1.807) is 12.1 Å². The molecule has 1 aromatic rings. The van der Waals surface area contributed by atoms with Crippen molar-refractivity contribution in [3.63, 3.8) is 0 Å². The van der Waals surface area contributed by atoms with Crippen molar-refractivity contribution in [1.29, 1.82) is 0 Å². The Hall–Kier alpha value is -1.48. The SMILES string of the molecule is NS(=O)(=O)c1ccc(CCNC(=O)C[N+]23CCN(CC2)CC3)cc1. The maximum absolute atomic E-state index is 12.2. The Kier molecular flexibility index (Phi) is 4.91. The zero-order valence-electron chi connectivity index (χ0n) is 13.8. The summed E-state index contributed by atoms with van der Waals surface area (Å²) in [5.41, 5.74) is 0.973. The molecular formula is C16H25N4O3S+. The van der Waals surface area contributed by atoms with Crippen molar-refractivity contribution in [2.75, 3.05) is 52.4 Å². The number of nitrogens with one attached hydrogen (secondary N) is 1. The first-order valence-corrected chi connectivity index (χ1v) is 9.87. The van der Waals surface area contributed by atoms with Gasteiger partial charge in [0.05, 0.1) is 24.5 Å². The monoisotopic (exact) mass is 353 g/mol. The van der Waals surface area contributed by atoms with Crippen LogP contribution >= 0.6 is 0 Å². The first-order chi connectivity index (χ1) is 11.4. The van der Waals surface area contributed by atoms with Crippen molar-refractivity contribution >= 4 is 15.9 Å². The second kappa shape index (κ2) is 6.79. The molecule has 8 heteroatoms. The van der Waals surface area contributed by atoms with Gasteiger partial charge in [0.25, 0.3) is 5.91 Å². The number of fused-ring (bicyclic) bond motifs is 3. The van der Waals surface area contributed by atoms with E-state index >= 15 is 0 Å². The molecule has 1 amide bonds. The minimum Gasteiger partial charge on any atom is -0.351 e. The lowest BCUT2D eigenvalue weighted by Gasteiger charge is -2.50. The molecule has 132 valence electrons. The van der Waals surface area contributed by atoms with Crippen LogP contribution in [0.5, 0.6) is 0 Å². The molecule has 3 aliphatic heterocycles. The Morgan fingerprint density at radius 2 is 1.71 bits per heavy atom. The number of amides is 1. The van der Waals surface area contributed by atoms with Crippen molar-refractivity contribution in [2.24, 2.45) is 5.14 Å². The van der Waals surface area contributed by atoms with E-state index in [2.05, 4.69) is 10.2 Å². The molecule has 0 aliphatic carbocycles. The van der Waals surface area contributed by atoms with Gasteiger partial charge in [-0.2, -0.15) is 0 Å². The first-order valence-electron chi connectivity index (χ1n) is 8.32. The van der Waals surface area contributed by atoms with Crippen molar-refractivity contribution in [1.82, 2.24) is 10.2 Å². The normalized spacial score (nSPS) is 26.3. The van der Waals surface area contributed by atoms with Gasteiger partial charge in [-0.25, -0.2) is 13.6 Å². The van der Waals surface area contributed by atoms with Crippen molar-refractivity contribution in [3.8, 4) is 0 Å². The first kappa shape index (κ1) is 17.3. The molecule has 3 aliphatic rings. The van der Waals surface area contributed by atoms with Crippen LogP contribution in [0.15, 0.2) is 29.2 Å². The third kappa shape index (κ3) is 4.13. The minimum atomic E-state index is -3.65. The zero-order chi connectivity index (χ0) is 17.2. The number of nitrogens with zero attached hydrogens (tertiary/aromatic N) is 2.